The van der Waals surface area contributed by atoms with Gasteiger partial charge in [-0.2, -0.15) is 0 Å². The number of carbonyl (C=O) groups excluding carboxylic acids is 2. The highest BCUT2D eigenvalue weighted by atomic mass is 16.5. The Hall–Kier alpha value is -2.15. The minimum absolute atomic E-state index is 0.0244. The van der Waals surface area contributed by atoms with Gasteiger partial charge in [-0.3, -0.25) is 9.78 Å². The number of nitrogens with one attached hydrogen (secondary N) is 1. The van der Waals surface area contributed by atoms with Crippen LogP contribution >= 0.6 is 0 Å². The van der Waals surface area contributed by atoms with E-state index in [0.717, 1.165) is 17.0 Å². The van der Waals surface area contributed by atoms with Crippen LogP contribution in [0.25, 0.3) is 0 Å². The molecule has 1 aliphatic rings. The van der Waals surface area contributed by atoms with Gasteiger partial charge in [0.15, 0.2) is 0 Å². The Labute approximate surface area is 155 Å². The smallest absolute Gasteiger partial charge is 0.408 e. The molecule has 2 heterocycles. The van der Waals surface area contributed by atoms with E-state index in [1.54, 1.807) is 18.7 Å². The molecule has 2 atom stereocenters. The number of nitrogens with zero attached hydrogens (tertiary/aromatic N) is 2. The molecule has 1 saturated heterocycles. The molecule has 0 spiro atoms. The lowest BCUT2D eigenvalue weighted by Gasteiger charge is -2.39. The molecule has 26 heavy (non-hydrogen) atoms. The van der Waals surface area contributed by atoms with E-state index in [-0.39, 0.29) is 24.7 Å². The number of aromatic nitrogens is 1. The van der Waals surface area contributed by atoms with Crippen LogP contribution in [0.2, 0.25) is 0 Å². The van der Waals surface area contributed by atoms with Crippen molar-refractivity contribution in [2.24, 2.45) is 0 Å². The molecular weight excluding hydrogens is 334 g/mol. The molecule has 1 fully saturated rings. The summed E-state index contributed by atoms with van der Waals surface area (Å²) in [5.74, 6) is -0.146. The van der Waals surface area contributed by atoms with Crippen molar-refractivity contribution in [2.75, 3.05) is 13.1 Å². The number of hydrogen-bond acceptors (Lipinski definition) is 5. The second kappa shape index (κ2) is 8.03. The Kier molecular flexibility index (Phi) is 6.23. The Balaban J connectivity index is 1.92. The molecule has 144 valence electrons. The Morgan fingerprint density at radius 1 is 1.23 bits per heavy atom. The van der Waals surface area contributed by atoms with Gasteiger partial charge >= 0.3 is 6.09 Å². The fourth-order valence-corrected chi connectivity index (χ4v) is 3.24. The summed E-state index contributed by atoms with van der Waals surface area (Å²) in [7, 11) is 0. The van der Waals surface area contributed by atoms with Crippen LogP contribution in [-0.2, 0) is 20.9 Å². The van der Waals surface area contributed by atoms with E-state index >= 15 is 0 Å². The normalized spacial score (nSPS) is 20.6. The highest BCUT2D eigenvalue weighted by Gasteiger charge is 2.37. The number of morpholine rings is 1. The van der Waals surface area contributed by atoms with Gasteiger partial charge in [0.1, 0.15) is 12.1 Å². The molecule has 0 aliphatic carbocycles. The highest BCUT2D eigenvalue weighted by molar-refractivity contribution is 5.89. The summed E-state index contributed by atoms with van der Waals surface area (Å²) in [6, 6.07) is 3.74. The molecule has 0 radical (unpaired) electrons. The molecule has 7 heteroatoms. The zero-order valence-electron chi connectivity index (χ0n) is 16.5. The van der Waals surface area contributed by atoms with Crippen LogP contribution in [0.3, 0.4) is 0 Å². The molecular formula is C19H29N3O4. The van der Waals surface area contributed by atoms with E-state index in [9.17, 15) is 9.59 Å². The first-order valence-corrected chi connectivity index (χ1v) is 8.91. The van der Waals surface area contributed by atoms with Crippen LogP contribution in [-0.4, -0.2) is 52.7 Å². The highest BCUT2D eigenvalue weighted by Crippen LogP contribution is 2.16. The van der Waals surface area contributed by atoms with Gasteiger partial charge in [0.25, 0.3) is 0 Å². The maximum absolute atomic E-state index is 12.8. The molecule has 0 bridgehead atoms. The topological polar surface area (TPSA) is 80.8 Å². The number of hydrogen-bond donors (Lipinski definition) is 1. The fraction of sp³-hybridized carbons (Fsp3) is 0.632. The van der Waals surface area contributed by atoms with Crippen molar-refractivity contribution in [3.63, 3.8) is 0 Å². The third-order valence-corrected chi connectivity index (χ3v) is 4.17. The molecule has 0 saturated carbocycles. The summed E-state index contributed by atoms with van der Waals surface area (Å²) < 4.78 is 10.9. The first-order valence-electron chi connectivity index (χ1n) is 8.91. The zero-order valence-corrected chi connectivity index (χ0v) is 16.5. The van der Waals surface area contributed by atoms with E-state index in [2.05, 4.69) is 10.3 Å². The molecule has 0 unspecified atom stereocenters. The number of aryl methyl sites for hydroxylation is 2. The Bertz CT molecular complexity index is 644. The number of carbonyl (C=O) groups is 2. The van der Waals surface area contributed by atoms with Crippen molar-refractivity contribution in [3.05, 3.63) is 29.1 Å². The lowest BCUT2D eigenvalue weighted by Crippen LogP contribution is -2.60. The van der Waals surface area contributed by atoms with Gasteiger partial charge in [-0.1, -0.05) is 0 Å². The maximum Gasteiger partial charge on any atom is 0.408 e. The third-order valence-electron chi connectivity index (χ3n) is 4.17. The summed E-state index contributed by atoms with van der Waals surface area (Å²) in [6.45, 7) is 12.2. The number of alkyl carbamates (subject to hydrolysis) is 1. The van der Waals surface area contributed by atoms with Crippen molar-refractivity contribution in [1.29, 1.82) is 0 Å². The zero-order chi connectivity index (χ0) is 19.5. The van der Waals surface area contributed by atoms with Crippen LogP contribution in [0.15, 0.2) is 12.1 Å². The van der Waals surface area contributed by atoms with Crippen LogP contribution in [0.5, 0.6) is 0 Å². The number of rotatable bonds is 4. The van der Waals surface area contributed by atoms with Crippen molar-refractivity contribution in [2.45, 2.75) is 65.9 Å². The van der Waals surface area contributed by atoms with E-state index in [1.165, 1.54) is 0 Å². The van der Waals surface area contributed by atoms with E-state index in [1.807, 2.05) is 39.8 Å². The second-order valence-corrected chi connectivity index (χ2v) is 7.55. The summed E-state index contributed by atoms with van der Waals surface area (Å²) in [6.07, 6.45) is -0.669. The monoisotopic (exact) mass is 363 g/mol. The molecule has 7 nitrogen and oxygen atoms in total. The van der Waals surface area contributed by atoms with Gasteiger partial charge in [0.05, 0.1) is 12.2 Å². The van der Waals surface area contributed by atoms with E-state index < -0.39 is 11.6 Å². The van der Waals surface area contributed by atoms with E-state index in [0.29, 0.717) is 13.1 Å². The number of ether oxygens (including phenoxy) is 2. The first-order chi connectivity index (χ1) is 12.1. The predicted molar refractivity (Wildman–Crippen MR) is 97.7 cm³/mol. The second-order valence-electron chi connectivity index (χ2n) is 7.55. The molecule has 1 aromatic rings. The molecule has 1 aromatic heterocycles. The average molecular weight is 363 g/mol. The van der Waals surface area contributed by atoms with Crippen LogP contribution < -0.4 is 5.32 Å². The van der Waals surface area contributed by atoms with Gasteiger partial charge in [-0.25, -0.2) is 4.79 Å². The van der Waals surface area contributed by atoms with Crippen molar-refractivity contribution in [3.8, 4) is 0 Å². The lowest BCUT2D eigenvalue weighted by atomic mass is 10.0. The molecule has 0 aromatic carbocycles. The molecule has 1 aliphatic heterocycles. The predicted octanol–water partition coefficient (Wildman–Crippen LogP) is 2.34. The van der Waals surface area contributed by atoms with Crippen molar-refractivity contribution >= 4 is 12.0 Å². The van der Waals surface area contributed by atoms with Gasteiger partial charge in [0.2, 0.25) is 5.91 Å². The number of pyridine rings is 1. The van der Waals surface area contributed by atoms with Crippen LogP contribution in [0.1, 0.15) is 44.6 Å². The van der Waals surface area contributed by atoms with Gasteiger partial charge in [0, 0.05) is 24.5 Å². The van der Waals surface area contributed by atoms with E-state index in [4.69, 9.17) is 9.47 Å². The molecule has 1 N–H and O–H groups in total. The van der Waals surface area contributed by atoms with Gasteiger partial charge in [-0.15, -0.1) is 0 Å². The van der Waals surface area contributed by atoms with Crippen LogP contribution in [0, 0.1) is 13.8 Å². The SMILES string of the molecule is Cc1cc(COC(=O)NC(C)(C)C(=O)N2C[C@@H](C)O[C@@H](C)C2)cc(C)n1. The summed E-state index contributed by atoms with van der Waals surface area (Å²) >= 11 is 0. The first kappa shape index (κ1) is 20.2. The molecule has 2 amide bonds. The Morgan fingerprint density at radius 3 is 2.31 bits per heavy atom. The number of amides is 2. The average Bonchev–Trinajstić information content (AvgIpc) is 2.50. The minimum Gasteiger partial charge on any atom is -0.445 e. The summed E-state index contributed by atoms with van der Waals surface area (Å²) in [4.78, 5) is 31.0. The standard InChI is InChI=1S/C19H29N3O4/c1-12-7-16(8-13(2)20-12)11-25-18(24)21-19(5,6)17(23)22-9-14(3)26-15(4)10-22/h7-8,14-15H,9-11H2,1-6H3,(H,21,24)/t14-,15+. The largest absolute Gasteiger partial charge is 0.445 e. The summed E-state index contributed by atoms with van der Waals surface area (Å²) in [5, 5.41) is 2.67. The van der Waals surface area contributed by atoms with Crippen molar-refractivity contribution < 1.29 is 19.1 Å². The van der Waals surface area contributed by atoms with Crippen molar-refractivity contribution in [1.82, 2.24) is 15.2 Å². The molecule has 2 rings (SSSR count). The van der Waals surface area contributed by atoms with Gasteiger partial charge < -0.3 is 19.7 Å². The fourth-order valence-electron chi connectivity index (χ4n) is 3.24. The lowest BCUT2D eigenvalue weighted by molar-refractivity contribution is -0.148. The minimum atomic E-state index is -1.06. The Morgan fingerprint density at radius 2 is 1.77 bits per heavy atom. The van der Waals surface area contributed by atoms with Gasteiger partial charge in [-0.05, 0) is 59.2 Å². The summed E-state index contributed by atoms with van der Waals surface area (Å²) in [5.41, 5.74) is 1.55. The quantitative estimate of drug-likeness (QED) is 0.888. The third kappa shape index (κ3) is 5.42. The van der Waals surface area contributed by atoms with Crippen LogP contribution in [0.4, 0.5) is 4.79 Å². The maximum atomic E-state index is 12.8.